The maximum atomic E-state index is 13.9. The first-order valence-corrected chi connectivity index (χ1v) is 13.5. The number of rotatable bonds is 5. The second-order valence-electron chi connectivity index (χ2n) is 10.7. The molecule has 1 saturated heterocycles. The zero-order valence-corrected chi connectivity index (χ0v) is 20.8. The van der Waals surface area contributed by atoms with Crippen LogP contribution in [0.25, 0.3) is 0 Å². The number of nitrogens with zero attached hydrogens (tertiary/aromatic N) is 1. The number of guanidine groups is 1. The van der Waals surface area contributed by atoms with Crippen LogP contribution in [0.15, 0.2) is 4.99 Å². The summed E-state index contributed by atoms with van der Waals surface area (Å²) in [7, 11) is 0. The number of hydrazine groups is 1. The monoisotopic (exact) mass is 523 g/mol. The van der Waals surface area contributed by atoms with E-state index in [-0.39, 0.29) is 61.1 Å². The van der Waals surface area contributed by atoms with Gasteiger partial charge in [0.2, 0.25) is 5.91 Å². The Balaban J connectivity index is 1.36. The van der Waals surface area contributed by atoms with Crippen LogP contribution in [-0.4, -0.2) is 60.7 Å². The third-order valence-electron chi connectivity index (χ3n) is 8.15. The molecule has 1 aliphatic heterocycles. The highest BCUT2D eigenvalue weighted by Crippen LogP contribution is 2.32. The average molecular weight is 524 g/mol. The maximum absolute atomic E-state index is 13.9. The molecule has 8 atom stereocenters. The Hall–Kier alpha value is -1.13. The van der Waals surface area contributed by atoms with E-state index in [0.717, 1.165) is 19.3 Å². The SMILES string of the molecule is O=C(NC(=NCC1CCC(F)CC1Cl)NC1CC(C2CCC(F)CC2)NN1)C1CCC(F)C(F)C1. The van der Waals surface area contributed by atoms with Gasteiger partial charge in [-0.1, -0.05) is 0 Å². The number of amides is 1. The van der Waals surface area contributed by atoms with Gasteiger partial charge < -0.3 is 5.32 Å². The van der Waals surface area contributed by atoms with Gasteiger partial charge in [-0.25, -0.2) is 23.0 Å². The van der Waals surface area contributed by atoms with Crippen LogP contribution in [0.1, 0.15) is 70.6 Å². The van der Waals surface area contributed by atoms with E-state index in [1.54, 1.807) is 0 Å². The molecular weight excluding hydrogens is 486 g/mol. The number of hydrogen-bond acceptors (Lipinski definition) is 4. The van der Waals surface area contributed by atoms with Crippen molar-refractivity contribution < 1.29 is 22.4 Å². The molecule has 1 amide bonds. The summed E-state index contributed by atoms with van der Waals surface area (Å²) in [4.78, 5) is 17.5. The van der Waals surface area contributed by atoms with Crippen LogP contribution in [0.3, 0.4) is 0 Å². The summed E-state index contributed by atoms with van der Waals surface area (Å²) in [5.74, 6) is -0.379. The molecule has 8 unspecified atom stereocenters. The van der Waals surface area contributed by atoms with Gasteiger partial charge in [-0.15, -0.1) is 11.6 Å². The van der Waals surface area contributed by atoms with Gasteiger partial charge in [-0.2, -0.15) is 0 Å². The van der Waals surface area contributed by atoms with E-state index in [0.29, 0.717) is 38.1 Å². The highest BCUT2D eigenvalue weighted by Gasteiger charge is 2.36. The predicted molar refractivity (Wildman–Crippen MR) is 128 cm³/mol. The standard InChI is InChI=1S/C24H38ClF4N5O/c25-18-10-17(27)7-3-15(18)12-30-24(32-23(35)14-4-8-19(28)20(29)9-14)31-22-11-21(33-34-22)13-1-5-16(26)6-2-13/h13-22,33-34H,1-12H2,(H2,30,31,32,35). The molecule has 0 spiro atoms. The molecule has 11 heteroatoms. The Morgan fingerprint density at radius 3 is 2.31 bits per heavy atom. The summed E-state index contributed by atoms with van der Waals surface area (Å²) in [6, 6.07) is 0.177. The molecule has 6 nitrogen and oxygen atoms in total. The van der Waals surface area contributed by atoms with Gasteiger partial charge in [0.25, 0.3) is 0 Å². The van der Waals surface area contributed by atoms with Gasteiger partial charge >= 0.3 is 0 Å². The third-order valence-corrected chi connectivity index (χ3v) is 8.68. The summed E-state index contributed by atoms with van der Waals surface area (Å²) in [6.45, 7) is 0.330. The molecule has 200 valence electrons. The van der Waals surface area contributed by atoms with Crippen LogP contribution in [0.5, 0.6) is 0 Å². The van der Waals surface area contributed by atoms with E-state index in [2.05, 4.69) is 26.5 Å². The minimum Gasteiger partial charge on any atom is -0.339 e. The highest BCUT2D eigenvalue weighted by molar-refractivity contribution is 6.20. The normalized spacial score (nSPS) is 43.1. The van der Waals surface area contributed by atoms with Crippen LogP contribution in [0, 0.1) is 17.8 Å². The summed E-state index contributed by atoms with van der Waals surface area (Å²) >= 11 is 6.36. The lowest BCUT2D eigenvalue weighted by Crippen LogP contribution is -2.52. The van der Waals surface area contributed by atoms with Crippen LogP contribution >= 0.6 is 11.6 Å². The first kappa shape index (κ1) is 26.9. The number of nitrogens with one attached hydrogen (secondary N) is 4. The first-order valence-electron chi connectivity index (χ1n) is 13.1. The lowest BCUT2D eigenvalue weighted by molar-refractivity contribution is -0.125. The Morgan fingerprint density at radius 2 is 1.60 bits per heavy atom. The second-order valence-corrected chi connectivity index (χ2v) is 11.3. The molecule has 0 radical (unpaired) electrons. The van der Waals surface area contributed by atoms with Crippen LogP contribution < -0.4 is 21.5 Å². The van der Waals surface area contributed by atoms with Crippen molar-refractivity contribution in [1.82, 2.24) is 21.5 Å². The summed E-state index contributed by atoms with van der Waals surface area (Å²) in [6.07, 6.45) is 0.0975. The number of carbonyl (C=O) groups excluding carboxylic acids is 1. The number of carbonyl (C=O) groups is 1. The fraction of sp³-hybridized carbons (Fsp3) is 0.917. The average Bonchev–Trinajstić information content (AvgIpc) is 3.29. The molecule has 4 fully saturated rings. The summed E-state index contributed by atoms with van der Waals surface area (Å²) in [5.41, 5.74) is 6.48. The molecule has 3 aliphatic carbocycles. The number of aliphatic imine (C=N–C) groups is 1. The number of hydrogen-bond donors (Lipinski definition) is 4. The summed E-state index contributed by atoms with van der Waals surface area (Å²) in [5, 5.41) is 5.70. The van der Waals surface area contributed by atoms with Crippen molar-refractivity contribution in [1.29, 1.82) is 0 Å². The van der Waals surface area contributed by atoms with Gasteiger partial charge in [0.05, 0.1) is 6.17 Å². The largest absolute Gasteiger partial charge is 0.339 e. The highest BCUT2D eigenvalue weighted by atomic mass is 35.5. The molecule has 0 aromatic heterocycles. The fourth-order valence-corrected chi connectivity index (χ4v) is 6.23. The summed E-state index contributed by atoms with van der Waals surface area (Å²) < 4.78 is 54.6. The van der Waals surface area contributed by atoms with Gasteiger partial charge in [-0.3, -0.25) is 20.5 Å². The van der Waals surface area contributed by atoms with Crippen molar-refractivity contribution in [3.05, 3.63) is 0 Å². The molecule has 0 aromatic rings. The van der Waals surface area contributed by atoms with E-state index < -0.39 is 30.6 Å². The van der Waals surface area contributed by atoms with Crippen LogP contribution in [0.2, 0.25) is 0 Å². The van der Waals surface area contributed by atoms with Crippen LogP contribution in [0.4, 0.5) is 17.6 Å². The molecule has 4 rings (SSSR count). The molecule has 0 aromatic carbocycles. The van der Waals surface area contributed by atoms with Crippen molar-refractivity contribution in [3.8, 4) is 0 Å². The Morgan fingerprint density at radius 1 is 0.857 bits per heavy atom. The minimum atomic E-state index is -1.64. The molecule has 35 heavy (non-hydrogen) atoms. The quantitative estimate of drug-likeness (QED) is 0.190. The lowest BCUT2D eigenvalue weighted by atomic mass is 9.82. The second kappa shape index (κ2) is 12.4. The predicted octanol–water partition coefficient (Wildman–Crippen LogP) is 3.99. The van der Waals surface area contributed by atoms with Crippen LogP contribution in [-0.2, 0) is 4.79 Å². The molecule has 4 aliphatic rings. The Kier molecular flexibility index (Phi) is 9.54. The molecule has 3 saturated carbocycles. The van der Waals surface area contributed by atoms with Gasteiger partial charge in [0.1, 0.15) is 24.7 Å². The van der Waals surface area contributed by atoms with Gasteiger partial charge in [-0.05, 0) is 82.5 Å². The van der Waals surface area contributed by atoms with E-state index in [1.165, 1.54) is 0 Å². The molecule has 4 N–H and O–H groups in total. The fourth-order valence-electron chi connectivity index (χ4n) is 5.83. The van der Waals surface area contributed by atoms with Crippen molar-refractivity contribution >= 4 is 23.5 Å². The Bertz CT molecular complexity index is 741. The molecular formula is C24H38ClF4N5O. The first-order chi connectivity index (χ1) is 16.8. The van der Waals surface area contributed by atoms with E-state index in [9.17, 15) is 22.4 Å². The van der Waals surface area contributed by atoms with E-state index in [4.69, 9.17) is 11.6 Å². The molecule has 0 bridgehead atoms. The van der Waals surface area contributed by atoms with Crippen molar-refractivity contribution in [2.75, 3.05) is 6.54 Å². The minimum absolute atomic E-state index is 0.00661. The third kappa shape index (κ3) is 7.44. The number of halogens is 5. The van der Waals surface area contributed by atoms with Crippen molar-refractivity contribution in [3.63, 3.8) is 0 Å². The van der Waals surface area contributed by atoms with E-state index >= 15 is 0 Å². The Labute approximate surface area is 209 Å². The van der Waals surface area contributed by atoms with Crippen molar-refractivity contribution in [2.45, 2.75) is 113 Å². The van der Waals surface area contributed by atoms with Crippen molar-refractivity contribution in [2.24, 2.45) is 22.7 Å². The zero-order valence-electron chi connectivity index (χ0n) is 20.0. The molecule has 1 heterocycles. The lowest BCUT2D eigenvalue weighted by Gasteiger charge is -2.29. The zero-order chi connectivity index (χ0) is 24.9. The smallest absolute Gasteiger partial charge is 0.229 e. The topological polar surface area (TPSA) is 77.5 Å². The maximum Gasteiger partial charge on any atom is 0.229 e. The van der Waals surface area contributed by atoms with Gasteiger partial charge in [0, 0.05) is 23.9 Å². The van der Waals surface area contributed by atoms with E-state index in [1.807, 2.05) is 0 Å². The van der Waals surface area contributed by atoms with Gasteiger partial charge in [0.15, 0.2) is 5.96 Å². The number of alkyl halides is 5.